The fourth-order valence-electron chi connectivity index (χ4n) is 2.20. The minimum Gasteiger partial charge on any atom is -0.391 e. The molecule has 0 spiro atoms. The second-order valence-electron chi connectivity index (χ2n) is 5.53. The van der Waals surface area contributed by atoms with Gasteiger partial charge in [0.15, 0.2) is 0 Å². The number of aliphatic hydroxyl groups excluding tert-OH is 1. The molecule has 0 aromatic heterocycles. The Balaban J connectivity index is 1.92. The number of halogens is 1. The molecule has 2 aromatic carbocycles. The van der Waals surface area contributed by atoms with Crippen molar-refractivity contribution in [1.29, 1.82) is 0 Å². The van der Waals surface area contributed by atoms with Crippen LogP contribution in [0.1, 0.15) is 12.5 Å². The SMILES string of the molecule is CC(NC(=O)N(C)c1ccc(F)cc1)C(O)Cc1ccccc1. The highest BCUT2D eigenvalue weighted by molar-refractivity contribution is 5.91. The zero-order valence-electron chi connectivity index (χ0n) is 13.2. The van der Waals surface area contributed by atoms with Crippen molar-refractivity contribution in [3.8, 4) is 0 Å². The summed E-state index contributed by atoms with van der Waals surface area (Å²) in [5.74, 6) is -0.353. The zero-order chi connectivity index (χ0) is 16.8. The average molecular weight is 316 g/mol. The lowest BCUT2D eigenvalue weighted by atomic mass is 10.0. The van der Waals surface area contributed by atoms with Crippen LogP contribution < -0.4 is 10.2 Å². The Morgan fingerprint density at radius 1 is 1.17 bits per heavy atom. The van der Waals surface area contributed by atoms with Crippen molar-refractivity contribution in [1.82, 2.24) is 5.32 Å². The molecular weight excluding hydrogens is 295 g/mol. The Morgan fingerprint density at radius 2 is 1.78 bits per heavy atom. The molecule has 0 saturated heterocycles. The van der Waals surface area contributed by atoms with Gasteiger partial charge in [0.1, 0.15) is 5.82 Å². The molecule has 0 fully saturated rings. The molecule has 0 heterocycles. The molecule has 122 valence electrons. The minimum absolute atomic E-state index is 0.351. The molecule has 2 amide bonds. The van der Waals surface area contributed by atoms with Crippen LogP contribution in [0.15, 0.2) is 54.6 Å². The molecule has 4 nitrogen and oxygen atoms in total. The fourth-order valence-corrected chi connectivity index (χ4v) is 2.20. The van der Waals surface area contributed by atoms with Crippen LogP contribution in [0.4, 0.5) is 14.9 Å². The molecular formula is C18H21FN2O2. The van der Waals surface area contributed by atoms with Crippen LogP contribution in [-0.4, -0.2) is 30.3 Å². The van der Waals surface area contributed by atoms with Gasteiger partial charge < -0.3 is 10.4 Å². The van der Waals surface area contributed by atoms with Gasteiger partial charge in [-0.05, 0) is 36.8 Å². The molecule has 2 unspecified atom stereocenters. The van der Waals surface area contributed by atoms with Crippen molar-refractivity contribution in [2.45, 2.75) is 25.5 Å². The van der Waals surface area contributed by atoms with Gasteiger partial charge in [-0.1, -0.05) is 30.3 Å². The maximum atomic E-state index is 12.9. The Hall–Kier alpha value is -2.40. The first-order valence-electron chi connectivity index (χ1n) is 7.49. The molecule has 0 aliphatic rings. The molecule has 0 aliphatic heterocycles. The number of anilines is 1. The van der Waals surface area contributed by atoms with Gasteiger partial charge in [0, 0.05) is 19.2 Å². The van der Waals surface area contributed by atoms with Crippen molar-refractivity contribution in [2.75, 3.05) is 11.9 Å². The number of hydrogen-bond donors (Lipinski definition) is 2. The molecule has 0 bridgehead atoms. The Labute approximate surface area is 135 Å². The van der Waals surface area contributed by atoms with E-state index in [2.05, 4.69) is 5.32 Å². The predicted octanol–water partition coefficient (Wildman–Crippen LogP) is 2.96. The van der Waals surface area contributed by atoms with Crippen LogP contribution in [0.2, 0.25) is 0 Å². The summed E-state index contributed by atoms with van der Waals surface area (Å²) < 4.78 is 12.9. The van der Waals surface area contributed by atoms with E-state index in [-0.39, 0.29) is 11.8 Å². The van der Waals surface area contributed by atoms with Crippen molar-refractivity contribution in [3.05, 3.63) is 66.0 Å². The highest BCUT2D eigenvalue weighted by Gasteiger charge is 2.19. The van der Waals surface area contributed by atoms with Crippen LogP contribution in [0.3, 0.4) is 0 Å². The molecule has 2 aromatic rings. The van der Waals surface area contributed by atoms with Crippen LogP contribution in [0.5, 0.6) is 0 Å². The van der Waals surface area contributed by atoms with Crippen molar-refractivity contribution in [2.24, 2.45) is 0 Å². The van der Waals surface area contributed by atoms with Crippen LogP contribution in [0.25, 0.3) is 0 Å². The van der Waals surface area contributed by atoms with Gasteiger partial charge in [-0.2, -0.15) is 0 Å². The minimum atomic E-state index is -0.692. The lowest BCUT2D eigenvalue weighted by molar-refractivity contribution is 0.137. The molecule has 2 N–H and O–H groups in total. The number of nitrogens with one attached hydrogen (secondary N) is 1. The van der Waals surface area contributed by atoms with E-state index in [1.54, 1.807) is 14.0 Å². The third-order valence-corrected chi connectivity index (χ3v) is 3.73. The first-order chi connectivity index (χ1) is 11.0. The number of carbonyl (C=O) groups excluding carboxylic acids is 1. The third kappa shape index (κ3) is 4.79. The summed E-state index contributed by atoms with van der Waals surface area (Å²) in [6.45, 7) is 1.75. The van der Waals surface area contributed by atoms with E-state index in [9.17, 15) is 14.3 Å². The second-order valence-corrected chi connectivity index (χ2v) is 5.53. The average Bonchev–Trinajstić information content (AvgIpc) is 2.55. The van der Waals surface area contributed by atoms with Gasteiger partial charge in [0.05, 0.1) is 12.1 Å². The van der Waals surface area contributed by atoms with E-state index in [4.69, 9.17) is 0 Å². The van der Waals surface area contributed by atoms with E-state index in [0.717, 1.165) is 5.56 Å². The van der Waals surface area contributed by atoms with E-state index in [1.165, 1.54) is 29.2 Å². The predicted molar refractivity (Wildman–Crippen MR) is 88.9 cm³/mol. The quantitative estimate of drug-likeness (QED) is 0.891. The number of rotatable bonds is 5. The summed E-state index contributed by atoms with van der Waals surface area (Å²) in [6.07, 6.45) is -0.231. The fraction of sp³-hybridized carbons (Fsp3) is 0.278. The van der Waals surface area contributed by atoms with Gasteiger partial charge >= 0.3 is 6.03 Å². The van der Waals surface area contributed by atoms with E-state index < -0.39 is 12.1 Å². The van der Waals surface area contributed by atoms with Gasteiger partial charge in [-0.3, -0.25) is 4.90 Å². The monoisotopic (exact) mass is 316 g/mol. The summed E-state index contributed by atoms with van der Waals surface area (Å²) in [4.78, 5) is 13.6. The van der Waals surface area contributed by atoms with Crippen molar-refractivity contribution >= 4 is 11.7 Å². The van der Waals surface area contributed by atoms with E-state index in [0.29, 0.717) is 12.1 Å². The van der Waals surface area contributed by atoms with Crippen LogP contribution in [0, 0.1) is 5.82 Å². The largest absolute Gasteiger partial charge is 0.391 e. The summed E-state index contributed by atoms with van der Waals surface area (Å²) in [7, 11) is 1.60. The number of carbonyl (C=O) groups is 1. The molecule has 0 radical (unpaired) electrons. The zero-order valence-corrected chi connectivity index (χ0v) is 13.2. The van der Waals surface area contributed by atoms with Crippen LogP contribution in [-0.2, 0) is 6.42 Å². The van der Waals surface area contributed by atoms with E-state index >= 15 is 0 Å². The van der Waals surface area contributed by atoms with Crippen LogP contribution >= 0.6 is 0 Å². The van der Waals surface area contributed by atoms with E-state index in [1.807, 2.05) is 30.3 Å². The smallest absolute Gasteiger partial charge is 0.321 e. The number of nitrogens with zero attached hydrogens (tertiary/aromatic N) is 1. The normalized spacial score (nSPS) is 13.2. The Bertz CT molecular complexity index is 631. The highest BCUT2D eigenvalue weighted by Crippen LogP contribution is 2.13. The number of amides is 2. The highest BCUT2D eigenvalue weighted by atomic mass is 19.1. The van der Waals surface area contributed by atoms with Gasteiger partial charge in [0.25, 0.3) is 0 Å². The Kier molecular flexibility index (Phi) is 5.71. The summed E-state index contributed by atoms with van der Waals surface area (Å²) in [5, 5.41) is 13.0. The number of hydrogen-bond acceptors (Lipinski definition) is 2. The van der Waals surface area contributed by atoms with Gasteiger partial charge in [-0.15, -0.1) is 0 Å². The standard InChI is InChI=1S/C18H21FN2O2/c1-13(17(22)12-14-6-4-3-5-7-14)20-18(23)21(2)16-10-8-15(19)9-11-16/h3-11,13,17,22H,12H2,1-2H3,(H,20,23). The molecule has 0 aliphatic carbocycles. The van der Waals surface area contributed by atoms with Crippen molar-refractivity contribution in [3.63, 3.8) is 0 Å². The molecule has 5 heteroatoms. The lowest BCUT2D eigenvalue weighted by Gasteiger charge is -2.24. The number of aliphatic hydroxyl groups is 1. The Morgan fingerprint density at radius 3 is 2.39 bits per heavy atom. The maximum absolute atomic E-state index is 12.9. The van der Waals surface area contributed by atoms with Gasteiger partial charge in [-0.25, -0.2) is 9.18 Å². The molecule has 23 heavy (non-hydrogen) atoms. The lowest BCUT2D eigenvalue weighted by Crippen LogP contribution is -2.47. The topological polar surface area (TPSA) is 52.6 Å². The third-order valence-electron chi connectivity index (χ3n) is 3.73. The summed E-state index contributed by atoms with van der Waals surface area (Å²) >= 11 is 0. The van der Waals surface area contributed by atoms with Gasteiger partial charge in [0.2, 0.25) is 0 Å². The molecule has 2 rings (SSSR count). The molecule has 2 atom stereocenters. The second kappa shape index (κ2) is 7.74. The summed E-state index contributed by atoms with van der Waals surface area (Å²) in [5.41, 5.74) is 1.58. The summed E-state index contributed by atoms with van der Waals surface area (Å²) in [6, 6.07) is 14.5. The first kappa shape index (κ1) is 17.0. The van der Waals surface area contributed by atoms with Crippen molar-refractivity contribution < 1.29 is 14.3 Å². The number of urea groups is 1. The molecule has 0 saturated carbocycles. The number of benzene rings is 2. The first-order valence-corrected chi connectivity index (χ1v) is 7.49. The maximum Gasteiger partial charge on any atom is 0.321 e.